The van der Waals surface area contributed by atoms with E-state index in [2.05, 4.69) is 20.7 Å². The maximum atomic E-state index is 12.9. The Balaban J connectivity index is 1.39. The monoisotopic (exact) mass is 443 g/mol. The lowest BCUT2D eigenvalue weighted by Gasteiger charge is -2.31. The second-order valence-electron chi connectivity index (χ2n) is 8.30. The average molecular weight is 444 g/mol. The molecule has 8 nitrogen and oxygen atoms in total. The van der Waals surface area contributed by atoms with E-state index in [9.17, 15) is 4.79 Å². The lowest BCUT2D eigenvalue weighted by atomic mass is 9.95. The number of carbonyl (C=O) groups is 1. The number of nitrogens with zero attached hydrogens (tertiary/aromatic N) is 5. The minimum atomic E-state index is -0.0668. The zero-order valence-corrected chi connectivity index (χ0v) is 18.8. The molecule has 1 amide bonds. The molecule has 1 aliphatic rings. The number of aromatic nitrogens is 2. The summed E-state index contributed by atoms with van der Waals surface area (Å²) >= 11 is 0. The standard InChI is InChI=1S/C25H29N7O/c1-31(22-13-6-3-7-14-22)25(33)32-17-23(27-18-32)20-11-8-12-21(15-20)24(26)29-30-28-16-19-9-4-2-5-10-19/h2,4-5,8-12,15,17-18,22H,3,6-7,13-14,16H2,1H3,(H2,26,28,29). The Morgan fingerprint density at radius 1 is 1.15 bits per heavy atom. The first-order chi connectivity index (χ1) is 16.1. The van der Waals surface area contributed by atoms with Gasteiger partial charge in [0.2, 0.25) is 0 Å². The van der Waals surface area contributed by atoms with Crippen LogP contribution in [0.1, 0.15) is 43.2 Å². The van der Waals surface area contributed by atoms with Gasteiger partial charge >= 0.3 is 6.03 Å². The molecule has 170 valence electrons. The Labute approximate surface area is 193 Å². The van der Waals surface area contributed by atoms with Crippen LogP contribution in [0.4, 0.5) is 4.79 Å². The molecule has 0 bridgehead atoms. The molecule has 1 aromatic heterocycles. The molecule has 2 aromatic carbocycles. The third-order valence-corrected chi connectivity index (χ3v) is 6.01. The number of amides is 1. The number of carbonyl (C=O) groups excluding carboxylic acids is 1. The van der Waals surface area contributed by atoms with E-state index in [1.807, 2.05) is 60.5 Å². The molecule has 33 heavy (non-hydrogen) atoms. The molecule has 0 spiro atoms. The normalized spacial score (nSPS) is 14.3. The highest BCUT2D eigenvalue weighted by Gasteiger charge is 2.23. The zero-order valence-electron chi connectivity index (χ0n) is 18.8. The van der Waals surface area contributed by atoms with Gasteiger partial charge in [0.25, 0.3) is 0 Å². The van der Waals surface area contributed by atoms with E-state index in [1.165, 1.54) is 23.8 Å². The molecule has 1 aliphatic carbocycles. The number of nitrogens with one attached hydrogen (secondary N) is 2. The van der Waals surface area contributed by atoms with Gasteiger partial charge in [-0.25, -0.2) is 9.78 Å². The van der Waals surface area contributed by atoms with Crippen LogP contribution in [0.25, 0.3) is 11.3 Å². The van der Waals surface area contributed by atoms with Crippen LogP contribution >= 0.6 is 0 Å². The van der Waals surface area contributed by atoms with E-state index < -0.39 is 0 Å². The fraction of sp³-hybridized carbons (Fsp3) is 0.320. The van der Waals surface area contributed by atoms with Gasteiger partial charge in [0.05, 0.1) is 12.2 Å². The minimum Gasteiger partial charge on any atom is -0.324 e. The Kier molecular flexibility index (Phi) is 7.24. The van der Waals surface area contributed by atoms with Gasteiger partial charge in [-0.1, -0.05) is 73.0 Å². The van der Waals surface area contributed by atoms with Crippen LogP contribution in [-0.2, 0) is 6.54 Å². The minimum absolute atomic E-state index is 0.0463. The van der Waals surface area contributed by atoms with Gasteiger partial charge in [-0.3, -0.25) is 15.4 Å². The van der Waals surface area contributed by atoms with Crippen molar-refractivity contribution < 1.29 is 4.79 Å². The molecule has 2 N–H and O–H groups in total. The van der Waals surface area contributed by atoms with E-state index in [0.717, 1.165) is 24.0 Å². The highest BCUT2D eigenvalue weighted by molar-refractivity contribution is 5.97. The van der Waals surface area contributed by atoms with Crippen molar-refractivity contribution in [2.75, 3.05) is 7.05 Å². The summed E-state index contributed by atoms with van der Waals surface area (Å²) in [6.45, 7) is 0.540. The van der Waals surface area contributed by atoms with Crippen LogP contribution in [0.5, 0.6) is 0 Å². The van der Waals surface area contributed by atoms with Crippen LogP contribution in [0.2, 0.25) is 0 Å². The Morgan fingerprint density at radius 2 is 1.94 bits per heavy atom. The van der Waals surface area contributed by atoms with Crippen LogP contribution in [-0.4, -0.2) is 39.4 Å². The van der Waals surface area contributed by atoms with Gasteiger partial charge in [-0.2, -0.15) is 0 Å². The zero-order chi connectivity index (χ0) is 23.0. The Hall–Kier alpha value is -3.81. The molecule has 1 fully saturated rings. The summed E-state index contributed by atoms with van der Waals surface area (Å²) in [5, 5.41) is 16.1. The second kappa shape index (κ2) is 10.7. The molecular formula is C25H29N7O. The summed E-state index contributed by atoms with van der Waals surface area (Å²) in [7, 11) is 1.87. The van der Waals surface area contributed by atoms with Gasteiger partial charge in [-0.15, -0.1) is 5.11 Å². The summed E-state index contributed by atoms with van der Waals surface area (Å²) in [6.07, 6.45) is 9.02. The van der Waals surface area contributed by atoms with Crippen molar-refractivity contribution in [3.63, 3.8) is 0 Å². The number of benzene rings is 2. The highest BCUT2D eigenvalue weighted by atomic mass is 16.2. The van der Waals surface area contributed by atoms with Crippen molar-refractivity contribution in [1.82, 2.24) is 19.9 Å². The molecule has 3 aromatic rings. The van der Waals surface area contributed by atoms with Crippen LogP contribution < -0.4 is 5.43 Å². The molecule has 0 aliphatic heterocycles. The summed E-state index contributed by atoms with van der Waals surface area (Å²) in [5.41, 5.74) is 6.06. The van der Waals surface area contributed by atoms with E-state index in [-0.39, 0.29) is 11.9 Å². The molecule has 0 unspecified atom stereocenters. The molecule has 0 saturated heterocycles. The molecule has 0 atom stereocenters. The van der Waals surface area contributed by atoms with Gasteiger partial charge in [-0.05, 0) is 24.5 Å². The summed E-state index contributed by atoms with van der Waals surface area (Å²) in [4.78, 5) is 19.1. The maximum absolute atomic E-state index is 12.9. The van der Waals surface area contributed by atoms with Crippen molar-refractivity contribution in [3.8, 4) is 11.3 Å². The van der Waals surface area contributed by atoms with Crippen LogP contribution in [0.15, 0.2) is 77.5 Å². The third-order valence-electron chi connectivity index (χ3n) is 6.01. The predicted molar refractivity (Wildman–Crippen MR) is 128 cm³/mol. The van der Waals surface area contributed by atoms with Crippen LogP contribution in [0.3, 0.4) is 0 Å². The van der Waals surface area contributed by atoms with E-state index in [1.54, 1.807) is 18.6 Å². The number of rotatable bonds is 6. The van der Waals surface area contributed by atoms with Crippen molar-refractivity contribution in [2.45, 2.75) is 44.7 Å². The quantitative estimate of drug-likeness (QED) is 0.235. The van der Waals surface area contributed by atoms with Gasteiger partial charge in [0, 0.05) is 30.4 Å². The van der Waals surface area contributed by atoms with E-state index >= 15 is 0 Å². The predicted octanol–water partition coefficient (Wildman–Crippen LogP) is 5.27. The lowest BCUT2D eigenvalue weighted by Crippen LogP contribution is -2.40. The van der Waals surface area contributed by atoms with Gasteiger partial charge < -0.3 is 4.90 Å². The van der Waals surface area contributed by atoms with Gasteiger partial charge in [0.1, 0.15) is 6.33 Å². The van der Waals surface area contributed by atoms with Crippen molar-refractivity contribution >= 4 is 11.9 Å². The van der Waals surface area contributed by atoms with Crippen molar-refractivity contribution in [3.05, 3.63) is 78.2 Å². The van der Waals surface area contributed by atoms with Gasteiger partial charge in [0.15, 0.2) is 5.84 Å². The summed E-state index contributed by atoms with van der Waals surface area (Å²) in [5.74, 6) is 0.0463. The molecule has 1 heterocycles. The topological polar surface area (TPSA) is 98.7 Å². The molecule has 0 radical (unpaired) electrons. The molecule has 8 heteroatoms. The first kappa shape index (κ1) is 22.4. The van der Waals surface area contributed by atoms with E-state index in [0.29, 0.717) is 23.8 Å². The molecule has 1 saturated carbocycles. The molecular weight excluding hydrogens is 414 g/mol. The van der Waals surface area contributed by atoms with Crippen LogP contribution in [0, 0.1) is 5.41 Å². The largest absolute Gasteiger partial charge is 0.329 e. The van der Waals surface area contributed by atoms with Crippen molar-refractivity contribution in [2.24, 2.45) is 10.3 Å². The number of imidazole rings is 1. The fourth-order valence-electron chi connectivity index (χ4n) is 4.07. The van der Waals surface area contributed by atoms with E-state index in [4.69, 9.17) is 5.41 Å². The SMILES string of the molecule is CN(C(=O)n1cnc(-c2cccc(C(=N)/N=N\NCc3ccccc3)c2)c1)C1CCCCC1. The number of hydrogen-bond donors (Lipinski definition) is 2. The lowest BCUT2D eigenvalue weighted by molar-refractivity contribution is 0.175. The Bertz CT molecular complexity index is 1120. The smallest absolute Gasteiger partial charge is 0.324 e. The fourth-order valence-corrected chi connectivity index (χ4v) is 4.07. The maximum Gasteiger partial charge on any atom is 0.329 e. The first-order valence-corrected chi connectivity index (χ1v) is 11.3. The number of hydrogen-bond acceptors (Lipinski definition) is 4. The third kappa shape index (κ3) is 5.71. The second-order valence-corrected chi connectivity index (χ2v) is 8.30. The number of amidine groups is 1. The molecule has 4 rings (SSSR count). The average Bonchev–Trinajstić information content (AvgIpc) is 3.37. The summed E-state index contributed by atoms with van der Waals surface area (Å²) in [6, 6.07) is 17.5. The first-order valence-electron chi connectivity index (χ1n) is 11.3. The highest BCUT2D eigenvalue weighted by Crippen LogP contribution is 2.23. The Morgan fingerprint density at radius 3 is 2.73 bits per heavy atom. The van der Waals surface area contributed by atoms with Crippen molar-refractivity contribution in [1.29, 1.82) is 5.41 Å². The summed E-state index contributed by atoms with van der Waals surface area (Å²) < 4.78 is 1.54.